The van der Waals surface area contributed by atoms with Gasteiger partial charge in [0.2, 0.25) is 5.91 Å². The normalized spacial score (nSPS) is 13.9. The average molecular weight is 285 g/mol. The molecule has 0 fully saturated rings. The third kappa shape index (κ3) is 3.23. The summed E-state index contributed by atoms with van der Waals surface area (Å²) in [6.45, 7) is 5.65. The van der Waals surface area contributed by atoms with E-state index in [9.17, 15) is 4.79 Å². The molecule has 2 aromatic rings. The molecule has 0 aliphatic carbocycles. The Labute approximate surface area is 123 Å². The van der Waals surface area contributed by atoms with Crippen LogP contribution in [-0.2, 0) is 4.79 Å². The number of nitriles is 1. The highest BCUT2D eigenvalue weighted by Crippen LogP contribution is 2.24. The van der Waals surface area contributed by atoms with Gasteiger partial charge in [0.25, 0.3) is 0 Å². The molecule has 1 unspecified atom stereocenters. The smallest absolute Gasteiger partial charge is 0.237 e. The zero-order valence-corrected chi connectivity index (χ0v) is 12.4. The van der Waals surface area contributed by atoms with E-state index in [-0.39, 0.29) is 17.9 Å². The minimum absolute atomic E-state index is 0.0751. The molecule has 3 N–H and O–H groups in total. The first kappa shape index (κ1) is 15.1. The second kappa shape index (κ2) is 5.98. The minimum Gasteiger partial charge on any atom is -0.459 e. The van der Waals surface area contributed by atoms with Crippen molar-refractivity contribution in [2.75, 3.05) is 0 Å². The van der Waals surface area contributed by atoms with E-state index in [1.54, 1.807) is 18.2 Å². The third-order valence-electron chi connectivity index (χ3n) is 3.47. The van der Waals surface area contributed by atoms with Crippen LogP contribution in [0.25, 0.3) is 11.0 Å². The number of nitrogens with two attached hydrogens (primary N) is 1. The SMILES string of the molecule is CC(NC(=O)[C@@H](N)C(C)C)c1cc2cc(C#N)ccc2o1. The van der Waals surface area contributed by atoms with E-state index in [1.807, 2.05) is 26.8 Å². The van der Waals surface area contributed by atoms with Gasteiger partial charge in [0, 0.05) is 5.39 Å². The summed E-state index contributed by atoms with van der Waals surface area (Å²) in [4.78, 5) is 12.0. The van der Waals surface area contributed by atoms with Crippen molar-refractivity contribution in [1.82, 2.24) is 5.32 Å². The maximum absolute atomic E-state index is 12.0. The van der Waals surface area contributed by atoms with Gasteiger partial charge < -0.3 is 15.5 Å². The number of furan rings is 1. The molecule has 0 radical (unpaired) electrons. The Morgan fingerprint density at radius 1 is 1.33 bits per heavy atom. The van der Waals surface area contributed by atoms with Crippen LogP contribution in [0.2, 0.25) is 0 Å². The Hall–Kier alpha value is -2.32. The molecule has 21 heavy (non-hydrogen) atoms. The van der Waals surface area contributed by atoms with Crippen LogP contribution in [0.4, 0.5) is 0 Å². The zero-order valence-electron chi connectivity index (χ0n) is 12.4. The standard InChI is InChI=1S/C16H19N3O2/c1-9(2)15(18)16(20)19-10(3)14-7-12-6-11(8-17)4-5-13(12)21-14/h4-7,9-10,15H,18H2,1-3H3,(H,19,20)/t10?,15-/m0/s1. The number of nitrogens with zero attached hydrogens (tertiary/aromatic N) is 1. The first-order valence-electron chi connectivity index (χ1n) is 6.92. The maximum Gasteiger partial charge on any atom is 0.237 e. The van der Waals surface area contributed by atoms with Crippen molar-refractivity contribution in [3.63, 3.8) is 0 Å². The fourth-order valence-corrected chi connectivity index (χ4v) is 2.03. The lowest BCUT2D eigenvalue weighted by molar-refractivity contribution is -0.124. The highest BCUT2D eigenvalue weighted by molar-refractivity contribution is 5.83. The van der Waals surface area contributed by atoms with Crippen LogP contribution in [0.1, 0.15) is 38.1 Å². The van der Waals surface area contributed by atoms with Gasteiger partial charge >= 0.3 is 0 Å². The Morgan fingerprint density at radius 3 is 2.67 bits per heavy atom. The van der Waals surface area contributed by atoms with Crippen molar-refractivity contribution < 1.29 is 9.21 Å². The van der Waals surface area contributed by atoms with E-state index < -0.39 is 6.04 Å². The van der Waals surface area contributed by atoms with Gasteiger partial charge in [-0.2, -0.15) is 5.26 Å². The van der Waals surface area contributed by atoms with Crippen LogP contribution >= 0.6 is 0 Å². The van der Waals surface area contributed by atoms with Gasteiger partial charge in [-0.15, -0.1) is 0 Å². The topological polar surface area (TPSA) is 92.0 Å². The number of amides is 1. The van der Waals surface area contributed by atoms with Gasteiger partial charge in [-0.1, -0.05) is 13.8 Å². The average Bonchev–Trinajstić information content (AvgIpc) is 2.88. The molecule has 5 heteroatoms. The lowest BCUT2D eigenvalue weighted by atomic mass is 10.0. The summed E-state index contributed by atoms with van der Waals surface area (Å²) in [6.07, 6.45) is 0. The summed E-state index contributed by atoms with van der Waals surface area (Å²) < 4.78 is 5.71. The minimum atomic E-state index is -0.540. The molecule has 1 aromatic carbocycles. The van der Waals surface area contributed by atoms with E-state index >= 15 is 0 Å². The quantitative estimate of drug-likeness (QED) is 0.902. The van der Waals surface area contributed by atoms with Gasteiger partial charge in [-0.25, -0.2) is 0 Å². The molecule has 1 amide bonds. The van der Waals surface area contributed by atoms with E-state index in [4.69, 9.17) is 15.4 Å². The molecule has 0 aliphatic heterocycles. The molecule has 0 saturated heterocycles. The molecule has 1 heterocycles. The van der Waals surface area contributed by atoms with E-state index in [0.29, 0.717) is 16.9 Å². The van der Waals surface area contributed by atoms with Gasteiger partial charge in [0.15, 0.2) is 0 Å². The summed E-state index contributed by atoms with van der Waals surface area (Å²) in [7, 11) is 0. The van der Waals surface area contributed by atoms with Gasteiger partial charge in [0.05, 0.1) is 23.7 Å². The number of hydrogen-bond donors (Lipinski definition) is 2. The van der Waals surface area contributed by atoms with E-state index in [2.05, 4.69) is 11.4 Å². The number of nitrogens with one attached hydrogen (secondary N) is 1. The Morgan fingerprint density at radius 2 is 2.05 bits per heavy atom. The molecular weight excluding hydrogens is 266 g/mol. The molecule has 0 aliphatic rings. The third-order valence-corrected chi connectivity index (χ3v) is 3.47. The Bertz CT molecular complexity index is 697. The van der Waals surface area contributed by atoms with Crippen molar-refractivity contribution in [3.8, 4) is 6.07 Å². The molecule has 0 saturated carbocycles. The molecular formula is C16H19N3O2. The highest BCUT2D eigenvalue weighted by atomic mass is 16.3. The Balaban J connectivity index is 2.18. The predicted octanol–water partition coefficient (Wildman–Crippen LogP) is 2.46. The molecule has 0 bridgehead atoms. The largest absolute Gasteiger partial charge is 0.459 e. The number of benzene rings is 1. The first-order valence-corrected chi connectivity index (χ1v) is 6.92. The second-order valence-electron chi connectivity index (χ2n) is 5.51. The predicted molar refractivity (Wildman–Crippen MR) is 80.3 cm³/mol. The zero-order chi connectivity index (χ0) is 15.6. The second-order valence-corrected chi connectivity index (χ2v) is 5.51. The molecule has 2 rings (SSSR count). The monoisotopic (exact) mass is 285 g/mol. The maximum atomic E-state index is 12.0. The number of carbonyl (C=O) groups excluding carboxylic acids is 1. The van der Waals surface area contributed by atoms with Crippen molar-refractivity contribution in [2.45, 2.75) is 32.9 Å². The molecule has 5 nitrogen and oxygen atoms in total. The van der Waals surface area contributed by atoms with Crippen molar-refractivity contribution >= 4 is 16.9 Å². The fourth-order valence-electron chi connectivity index (χ4n) is 2.03. The number of hydrogen-bond acceptors (Lipinski definition) is 4. The van der Waals surface area contributed by atoms with Crippen LogP contribution in [0, 0.1) is 17.2 Å². The van der Waals surface area contributed by atoms with E-state index in [1.165, 1.54) is 0 Å². The van der Waals surface area contributed by atoms with Crippen molar-refractivity contribution in [1.29, 1.82) is 5.26 Å². The van der Waals surface area contributed by atoms with Crippen LogP contribution in [-0.4, -0.2) is 11.9 Å². The van der Waals surface area contributed by atoms with Crippen molar-refractivity contribution in [2.24, 2.45) is 11.7 Å². The van der Waals surface area contributed by atoms with Gasteiger partial charge in [-0.3, -0.25) is 4.79 Å². The van der Waals surface area contributed by atoms with Crippen LogP contribution in [0.5, 0.6) is 0 Å². The van der Waals surface area contributed by atoms with Gasteiger partial charge in [0.1, 0.15) is 11.3 Å². The fraction of sp³-hybridized carbons (Fsp3) is 0.375. The summed E-state index contributed by atoms with van der Waals surface area (Å²) in [5, 5.41) is 12.6. The molecule has 1 aromatic heterocycles. The molecule has 110 valence electrons. The summed E-state index contributed by atoms with van der Waals surface area (Å²) in [5.74, 6) is 0.520. The highest BCUT2D eigenvalue weighted by Gasteiger charge is 2.21. The number of carbonyl (C=O) groups is 1. The van der Waals surface area contributed by atoms with Crippen LogP contribution in [0.3, 0.4) is 0 Å². The number of fused-ring (bicyclic) bond motifs is 1. The lowest BCUT2D eigenvalue weighted by Gasteiger charge is -2.18. The first-order chi connectivity index (χ1) is 9.92. The number of rotatable bonds is 4. The summed E-state index contributed by atoms with van der Waals surface area (Å²) >= 11 is 0. The van der Waals surface area contributed by atoms with Crippen LogP contribution in [0.15, 0.2) is 28.7 Å². The lowest BCUT2D eigenvalue weighted by Crippen LogP contribution is -2.44. The Kier molecular flexibility index (Phi) is 4.29. The van der Waals surface area contributed by atoms with Crippen LogP contribution < -0.4 is 11.1 Å². The summed E-state index contributed by atoms with van der Waals surface area (Å²) in [6, 6.07) is 8.33. The van der Waals surface area contributed by atoms with Crippen molar-refractivity contribution in [3.05, 3.63) is 35.6 Å². The van der Waals surface area contributed by atoms with E-state index in [0.717, 1.165) is 5.39 Å². The summed E-state index contributed by atoms with van der Waals surface area (Å²) in [5.41, 5.74) is 7.09. The molecule has 0 spiro atoms. The molecule has 2 atom stereocenters. The van der Waals surface area contributed by atoms with Gasteiger partial charge in [-0.05, 0) is 37.1 Å².